The summed E-state index contributed by atoms with van der Waals surface area (Å²) in [4.78, 5) is 31.0. The first-order valence-corrected chi connectivity index (χ1v) is 11.2. The van der Waals surface area contributed by atoms with Crippen LogP contribution in [0.15, 0.2) is 30.3 Å². The van der Waals surface area contributed by atoms with Crippen molar-refractivity contribution in [1.82, 2.24) is 19.8 Å². The third-order valence-electron chi connectivity index (χ3n) is 6.17. The summed E-state index contributed by atoms with van der Waals surface area (Å²) < 4.78 is 0. The van der Waals surface area contributed by atoms with Gasteiger partial charge in [-0.05, 0) is 32.0 Å². The maximum atomic E-state index is 12.8. The maximum Gasteiger partial charge on any atom is 0.321 e. The number of urea groups is 1. The van der Waals surface area contributed by atoms with Crippen molar-refractivity contribution in [2.75, 3.05) is 74.5 Å². The lowest BCUT2D eigenvalue weighted by molar-refractivity contribution is 0.208. The van der Waals surface area contributed by atoms with Crippen LogP contribution in [0, 0.1) is 6.92 Å². The summed E-state index contributed by atoms with van der Waals surface area (Å²) in [5, 5.41) is 3.08. The van der Waals surface area contributed by atoms with E-state index in [1.165, 1.54) is 0 Å². The van der Waals surface area contributed by atoms with E-state index in [1.54, 1.807) is 0 Å². The number of aryl methyl sites for hydroxylation is 2. The number of likely N-dealkylation sites (N-methyl/N-ethyl adjacent to an activating group) is 1. The Labute approximate surface area is 184 Å². The van der Waals surface area contributed by atoms with Gasteiger partial charge >= 0.3 is 6.03 Å². The van der Waals surface area contributed by atoms with Crippen LogP contribution in [0.3, 0.4) is 0 Å². The molecular formula is C23H33N7O. The van der Waals surface area contributed by atoms with Gasteiger partial charge in [0.1, 0.15) is 17.5 Å². The first-order chi connectivity index (χ1) is 15.0. The zero-order valence-corrected chi connectivity index (χ0v) is 18.8. The number of para-hydroxylation sites is 1. The highest BCUT2D eigenvalue weighted by Gasteiger charge is 2.24. The molecule has 2 fully saturated rings. The fraction of sp³-hybridized carbons (Fsp3) is 0.522. The number of rotatable bonds is 4. The molecule has 8 heteroatoms. The molecule has 2 saturated heterocycles. The van der Waals surface area contributed by atoms with E-state index in [0.29, 0.717) is 13.1 Å². The van der Waals surface area contributed by atoms with Gasteiger partial charge in [-0.15, -0.1) is 0 Å². The molecule has 0 saturated carbocycles. The van der Waals surface area contributed by atoms with E-state index in [0.717, 1.165) is 74.4 Å². The highest BCUT2D eigenvalue weighted by Crippen LogP contribution is 2.22. The van der Waals surface area contributed by atoms with Gasteiger partial charge in [0.25, 0.3) is 0 Å². The van der Waals surface area contributed by atoms with E-state index in [9.17, 15) is 4.79 Å². The Morgan fingerprint density at radius 2 is 1.52 bits per heavy atom. The summed E-state index contributed by atoms with van der Waals surface area (Å²) >= 11 is 0. The molecule has 2 amide bonds. The number of nitrogens with one attached hydrogen (secondary N) is 1. The van der Waals surface area contributed by atoms with Gasteiger partial charge in [0.2, 0.25) is 0 Å². The Kier molecular flexibility index (Phi) is 6.56. The number of hydrogen-bond acceptors (Lipinski definition) is 6. The van der Waals surface area contributed by atoms with Gasteiger partial charge in [-0.2, -0.15) is 0 Å². The van der Waals surface area contributed by atoms with Crippen molar-refractivity contribution in [1.29, 1.82) is 0 Å². The Morgan fingerprint density at radius 3 is 2.13 bits per heavy atom. The second kappa shape index (κ2) is 9.51. The van der Waals surface area contributed by atoms with E-state index < -0.39 is 0 Å². The van der Waals surface area contributed by atoms with Crippen molar-refractivity contribution < 1.29 is 4.79 Å². The monoisotopic (exact) mass is 423 g/mol. The van der Waals surface area contributed by atoms with E-state index in [4.69, 9.17) is 0 Å². The summed E-state index contributed by atoms with van der Waals surface area (Å²) in [7, 11) is 2.16. The van der Waals surface area contributed by atoms with Gasteiger partial charge in [-0.3, -0.25) is 0 Å². The summed E-state index contributed by atoms with van der Waals surface area (Å²) in [6.45, 7) is 11.0. The second-order valence-electron chi connectivity index (χ2n) is 8.34. The molecule has 3 heterocycles. The highest BCUT2D eigenvalue weighted by atomic mass is 16.2. The van der Waals surface area contributed by atoms with Crippen molar-refractivity contribution in [3.05, 3.63) is 41.7 Å². The molecule has 2 aromatic rings. The largest absolute Gasteiger partial charge is 0.354 e. The van der Waals surface area contributed by atoms with Crippen LogP contribution in [0.1, 0.15) is 18.3 Å². The van der Waals surface area contributed by atoms with Gasteiger partial charge in [0, 0.05) is 64.1 Å². The fourth-order valence-corrected chi connectivity index (χ4v) is 4.18. The van der Waals surface area contributed by atoms with Crippen LogP contribution >= 0.6 is 0 Å². The molecule has 1 aromatic carbocycles. The molecule has 8 nitrogen and oxygen atoms in total. The molecule has 2 aliphatic rings. The standard InChI is InChI=1S/C23H33N7O/c1-4-19-7-5-6-8-20(19)26-23(31)30-15-13-29(14-16-30)22-17-21(24-18(2)25-22)28-11-9-27(3)10-12-28/h5-8,17H,4,9-16H2,1-3H3,(H,26,31). The van der Waals surface area contributed by atoms with Crippen molar-refractivity contribution in [2.24, 2.45) is 0 Å². The number of amides is 2. The molecule has 0 radical (unpaired) electrons. The SMILES string of the molecule is CCc1ccccc1NC(=O)N1CCN(c2cc(N3CCN(C)CC3)nc(C)n2)CC1. The lowest BCUT2D eigenvalue weighted by Crippen LogP contribution is -2.50. The van der Waals surface area contributed by atoms with Crippen molar-refractivity contribution in [3.8, 4) is 0 Å². The molecule has 31 heavy (non-hydrogen) atoms. The quantitative estimate of drug-likeness (QED) is 0.815. The first-order valence-electron chi connectivity index (χ1n) is 11.2. The minimum Gasteiger partial charge on any atom is -0.354 e. The first kappa shape index (κ1) is 21.4. The number of hydrogen-bond donors (Lipinski definition) is 1. The van der Waals surface area contributed by atoms with Gasteiger partial charge in [-0.1, -0.05) is 25.1 Å². The van der Waals surface area contributed by atoms with Crippen molar-refractivity contribution in [2.45, 2.75) is 20.3 Å². The zero-order valence-electron chi connectivity index (χ0n) is 18.8. The number of benzene rings is 1. The van der Waals surface area contributed by atoms with E-state index in [1.807, 2.05) is 30.0 Å². The molecule has 0 bridgehead atoms. The van der Waals surface area contributed by atoms with Crippen LogP contribution in [0.2, 0.25) is 0 Å². The highest BCUT2D eigenvalue weighted by molar-refractivity contribution is 5.90. The third kappa shape index (κ3) is 5.07. The van der Waals surface area contributed by atoms with Crippen molar-refractivity contribution >= 4 is 23.4 Å². The molecule has 1 aromatic heterocycles. The number of carbonyl (C=O) groups is 1. The molecule has 2 aliphatic heterocycles. The number of carbonyl (C=O) groups excluding carboxylic acids is 1. The maximum absolute atomic E-state index is 12.8. The van der Waals surface area contributed by atoms with Crippen LogP contribution < -0.4 is 15.1 Å². The van der Waals surface area contributed by atoms with Gasteiger partial charge < -0.3 is 24.9 Å². The summed E-state index contributed by atoms with van der Waals surface area (Å²) in [6, 6.07) is 10.1. The Bertz CT molecular complexity index is 903. The number of anilines is 3. The average molecular weight is 424 g/mol. The molecule has 0 atom stereocenters. The Morgan fingerprint density at radius 1 is 0.935 bits per heavy atom. The molecule has 0 spiro atoms. The molecule has 0 unspecified atom stereocenters. The van der Waals surface area contributed by atoms with Crippen molar-refractivity contribution in [3.63, 3.8) is 0 Å². The van der Waals surface area contributed by atoms with E-state index in [-0.39, 0.29) is 6.03 Å². The van der Waals surface area contributed by atoms with E-state index in [2.05, 4.69) is 56.1 Å². The van der Waals surface area contributed by atoms with Crippen LogP contribution in [-0.4, -0.2) is 85.2 Å². The predicted molar refractivity (Wildman–Crippen MR) is 125 cm³/mol. The molecular weight excluding hydrogens is 390 g/mol. The minimum absolute atomic E-state index is 0.0301. The number of nitrogens with zero attached hydrogens (tertiary/aromatic N) is 6. The van der Waals surface area contributed by atoms with Crippen LogP contribution in [0.5, 0.6) is 0 Å². The Balaban J connectivity index is 1.38. The lowest BCUT2D eigenvalue weighted by atomic mass is 10.1. The molecule has 4 rings (SSSR count). The summed E-state index contributed by atoms with van der Waals surface area (Å²) in [6.07, 6.45) is 0.896. The number of aromatic nitrogens is 2. The van der Waals surface area contributed by atoms with Crippen LogP contribution in [-0.2, 0) is 6.42 Å². The minimum atomic E-state index is -0.0301. The molecule has 1 N–H and O–H groups in total. The summed E-state index contributed by atoms with van der Waals surface area (Å²) in [5.74, 6) is 2.76. The zero-order chi connectivity index (χ0) is 21.8. The second-order valence-corrected chi connectivity index (χ2v) is 8.34. The van der Waals surface area contributed by atoms with E-state index >= 15 is 0 Å². The fourth-order valence-electron chi connectivity index (χ4n) is 4.18. The normalized spacial score (nSPS) is 17.7. The smallest absolute Gasteiger partial charge is 0.321 e. The lowest BCUT2D eigenvalue weighted by Gasteiger charge is -2.36. The van der Waals surface area contributed by atoms with Gasteiger partial charge in [-0.25, -0.2) is 14.8 Å². The predicted octanol–water partition coefficient (Wildman–Crippen LogP) is 2.45. The van der Waals surface area contributed by atoms with Gasteiger partial charge in [0.05, 0.1) is 0 Å². The molecule has 0 aliphatic carbocycles. The topological polar surface area (TPSA) is 67.8 Å². The summed E-state index contributed by atoms with van der Waals surface area (Å²) in [5.41, 5.74) is 2.06. The average Bonchev–Trinajstić information content (AvgIpc) is 2.79. The van der Waals surface area contributed by atoms with Crippen LogP contribution in [0.25, 0.3) is 0 Å². The molecule has 166 valence electrons. The van der Waals surface area contributed by atoms with Gasteiger partial charge in [0.15, 0.2) is 0 Å². The van der Waals surface area contributed by atoms with Crippen LogP contribution in [0.4, 0.5) is 22.1 Å². The number of piperazine rings is 2. The third-order valence-corrected chi connectivity index (χ3v) is 6.17. The Hall–Kier alpha value is -2.87.